The lowest BCUT2D eigenvalue weighted by atomic mass is 10.2. The lowest BCUT2D eigenvalue weighted by Crippen LogP contribution is -2.11. The highest BCUT2D eigenvalue weighted by Gasteiger charge is 2.00. The molecule has 0 bridgehead atoms. The van der Waals surface area contributed by atoms with E-state index in [9.17, 15) is 4.79 Å². The molecule has 0 aromatic heterocycles. The Bertz CT molecular complexity index is 277. The zero-order valence-electron chi connectivity index (χ0n) is 8.61. The molecule has 1 aromatic rings. The van der Waals surface area contributed by atoms with Gasteiger partial charge in [-0.25, -0.2) is 0 Å². The first-order chi connectivity index (χ1) is 6.83. The molecule has 1 aromatic carbocycles. The summed E-state index contributed by atoms with van der Waals surface area (Å²) >= 11 is 0. The summed E-state index contributed by atoms with van der Waals surface area (Å²) in [7, 11) is 0. The van der Waals surface area contributed by atoms with Gasteiger partial charge >= 0.3 is 0 Å². The van der Waals surface area contributed by atoms with Gasteiger partial charge in [-0.05, 0) is 31.5 Å². The second-order valence-electron chi connectivity index (χ2n) is 3.16. The summed E-state index contributed by atoms with van der Waals surface area (Å²) in [6, 6.07) is 9.47. The number of anilines is 1. The number of hydrogen-bond acceptors (Lipinski definition) is 2. The third-order valence-corrected chi connectivity index (χ3v) is 1.92. The number of para-hydroxylation sites is 1. The quantitative estimate of drug-likeness (QED) is 0.759. The van der Waals surface area contributed by atoms with Gasteiger partial charge in [-0.15, -0.1) is 12.4 Å². The minimum Gasteiger partial charge on any atom is -0.330 e. The van der Waals surface area contributed by atoms with E-state index in [0.29, 0.717) is 13.0 Å². The monoisotopic (exact) mass is 228 g/mol. The molecule has 0 spiro atoms. The van der Waals surface area contributed by atoms with Crippen molar-refractivity contribution < 1.29 is 4.79 Å². The van der Waals surface area contributed by atoms with Gasteiger partial charge in [0.1, 0.15) is 0 Å². The van der Waals surface area contributed by atoms with E-state index in [1.54, 1.807) is 0 Å². The lowest BCUT2D eigenvalue weighted by Gasteiger charge is -2.03. The number of nitrogens with two attached hydrogens (primary N) is 1. The Morgan fingerprint density at radius 1 is 1.20 bits per heavy atom. The van der Waals surface area contributed by atoms with E-state index in [4.69, 9.17) is 5.73 Å². The maximum atomic E-state index is 11.3. The fraction of sp³-hybridized carbons (Fsp3) is 0.364. The Hall–Kier alpha value is -1.06. The highest BCUT2D eigenvalue weighted by Crippen LogP contribution is 2.06. The number of hydrogen-bond donors (Lipinski definition) is 2. The molecule has 0 aliphatic carbocycles. The maximum absolute atomic E-state index is 11.3. The summed E-state index contributed by atoms with van der Waals surface area (Å²) in [5, 5.41) is 2.82. The number of carbonyl (C=O) groups is 1. The number of unbranched alkanes of at least 4 members (excludes halogenated alkanes) is 1. The van der Waals surface area contributed by atoms with Gasteiger partial charge in [0.05, 0.1) is 0 Å². The van der Waals surface area contributed by atoms with E-state index < -0.39 is 0 Å². The zero-order valence-corrected chi connectivity index (χ0v) is 9.43. The molecule has 0 saturated carbocycles. The van der Waals surface area contributed by atoms with Crippen LogP contribution in [0.4, 0.5) is 5.69 Å². The zero-order chi connectivity index (χ0) is 10.2. The van der Waals surface area contributed by atoms with Gasteiger partial charge in [0.2, 0.25) is 5.91 Å². The van der Waals surface area contributed by atoms with Crippen molar-refractivity contribution in [2.24, 2.45) is 5.73 Å². The number of amides is 1. The molecule has 0 fully saturated rings. The third-order valence-electron chi connectivity index (χ3n) is 1.92. The smallest absolute Gasteiger partial charge is 0.224 e. The fourth-order valence-corrected chi connectivity index (χ4v) is 1.17. The van der Waals surface area contributed by atoms with Gasteiger partial charge in [0.15, 0.2) is 0 Å². The summed E-state index contributed by atoms with van der Waals surface area (Å²) in [6.45, 7) is 0.651. The Kier molecular flexibility index (Phi) is 7.68. The Labute approximate surface area is 96.5 Å². The van der Waals surface area contributed by atoms with Crippen LogP contribution in [0.25, 0.3) is 0 Å². The minimum atomic E-state index is 0. The van der Waals surface area contributed by atoms with Crippen LogP contribution in [-0.2, 0) is 4.79 Å². The second-order valence-corrected chi connectivity index (χ2v) is 3.16. The molecule has 0 saturated heterocycles. The van der Waals surface area contributed by atoms with E-state index in [1.807, 2.05) is 30.3 Å². The molecule has 0 atom stereocenters. The number of benzene rings is 1. The van der Waals surface area contributed by atoms with E-state index in [1.165, 1.54) is 0 Å². The first-order valence-corrected chi connectivity index (χ1v) is 4.88. The number of rotatable bonds is 5. The molecule has 3 N–H and O–H groups in total. The van der Waals surface area contributed by atoms with Crippen molar-refractivity contribution in [1.82, 2.24) is 0 Å². The molecule has 0 radical (unpaired) electrons. The van der Waals surface area contributed by atoms with E-state index in [2.05, 4.69) is 5.32 Å². The molecule has 4 heteroatoms. The molecular weight excluding hydrogens is 212 g/mol. The number of nitrogens with one attached hydrogen (secondary N) is 1. The van der Waals surface area contributed by atoms with Crippen LogP contribution in [0, 0.1) is 0 Å². The van der Waals surface area contributed by atoms with Crippen molar-refractivity contribution in [3.05, 3.63) is 30.3 Å². The first-order valence-electron chi connectivity index (χ1n) is 4.88. The van der Waals surface area contributed by atoms with Crippen LogP contribution in [0.15, 0.2) is 30.3 Å². The first kappa shape index (κ1) is 13.9. The van der Waals surface area contributed by atoms with E-state index in [0.717, 1.165) is 18.5 Å². The van der Waals surface area contributed by atoms with Gasteiger partial charge in [-0.2, -0.15) is 0 Å². The summed E-state index contributed by atoms with van der Waals surface area (Å²) in [5.41, 5.74) is 6.19. The minimum absolute atomic E-state index is 0. The normalized spacial score (nSPS) is 9.13. The van der Waals surface area contributed by atoms with Crippen molar-refractivity contribution >= 4 is 24.0 Å². The second kappa shape index (κ2) is 8.26. The van der Waals surface area contributed by atoms with Crippen LogP contribution in [-0.4, -0.2) is 12.5 Å². The van der Waals surface area contributed by atoms with Crippen LogP contribution in [0.1, 0.15) is 19.3 Å². The largest absolute Gasteiger partial charge is 0.330 e. The molecule has 0 aliphatic rings. The molecule has 0 heterocycles. The standard InChI is InChI=1S/C11H16N2O.ClH/c12-9-5-4-8-11(14)13-10-6-2-1-3-7-10;/h1-3,6-7H,4-5,8-9,12H2,(H,13,14);1H. The van der Waals surface area contributed by atoms with E-state index >= 15 is 0 Å². The molecule has 3 nitrogen and oxygen atoms in total. The van der Waals surface area contributed by atoms with Crippen molar-refractivity contribution in [1.29, 1.82) is 0 Å². The molecule has 0 unspecified atom stereocenters. The van der Waals surface area contributed by atoms with Gasteiger partial charge in [-0.1, -0.05) is 18.2 Å². The predicted molar refractivity (Wildman–Crippen MR) is 65.2 cm³/mol. The van der Waals surface area contributed by atoms with Gasteiger partial charge < -0.3 is 11.1 Å². The summed E-state index contributed by atoms with van der Waals surface area (Å²) in [4.78, 5) is 11.3. The summed E-state index contributed by atoms with van der Waals surface area (Å²) in [6.07, 6.45) is 2.31. The Morgan fingerprint density at radius 2 is 1.87 bits per heavy atom. The predicted octanol–water partition coefficient (Wildman–Crippen LogP) is 2.18. The topological polar surface area (TPSA) is 55.1 Å². The van der Waals surface area contributed by atoms with Gasteiger partial charge in [0.25, 0.3) is 0 Å². The Balaban J connectivity index is 0.00000196. The lowest BCUT2D eigenvalue weighted by molar-refractivity contribution is -0.116. The van der Waals surface area contributed by atoms with Crippen molar-refractivity contribution in [3.63, 3.8) is 0 Å². The molecular formula is C11H17ClN2O. The van der Waals surface area contributed by atoms with Crippen molar-refractivity contribution in [3.8, 4) is 0 Å². The molecule has 0 aliphatic heterocycles. The highest BCUT2D eigenvalue weighted by atomic mass is 35.5. The van der Waals surface area contributed by atoms with Crippen LogP contribution >= 0.6 is 12.4 Å². The number of carbonyl (C=O) groups excluding carboxylic acids is 1. The van der Waals surface area contributed by atoms with Crippen LogP contribution in [0.5, 0.6) is 0 Å². The van der Waals surface area contributed by atoms with E-state index in [-0.39, 0.29) is 18.3 Å². The highest BCUT2D eigenvalue weighted by molar-refractivity contribution is 5.90. The fourth-order valence-electron chi connectivity index (χ4n) is 1.17. The van der Waals surface area contributed by atoms with Gasteiger partial charge in [0, 0.05) is 12.1 Å². The van der Waals surface area contributed by atoms with Gasteiger partial charge in [-0.3, -0.25) is 4.79 Å². The third kappa shape index (κ3) is 6.10. The molecule has 1 rings (SSSR count). The van der Waals surface area contributed by atoms with Crippen LogP contribution < -0.4 is 11.1 Å². The summed E-state index contributed by atoms with van der Waals surface area (Å²) in [5.74, 6) is 0.0599. The van der Waals surface area contributed by atoms with Crippen molar-refractivity contribution in [2.45, 2.75) is 19.3 Å². The van der Waals surface area contributed by atoms with Crippen LogP contribution in [0.3, 0.4) is 0 Å². The SMILES string of the molecule is Cl.NCCCCC(=O)Nc1ccccc1. The number of halogens is 1. The van der Waals surface area contributed by atoms with Crippen molar-refractivity contribution in [2.75, 3.05) is 11.9 Å². The molecule has 84 valence electrons. The average Bonchev–Trinajstić information content (AvgIpc) is 2.20. The molecule has 1 amide bonds. The maximum Gasteiger partial charge on any atom is 0.224 e. The average molecular weight is 229 g/mol. The van der Waals surface area contributed by atoms with Crippen LogP contribution in [0.2, 0.25) is 0 Å². The summed E-state index contributed by atoms with van der Waals surface area (Å²) < 4.78 is 0. The Morgan fingerprint density at radius 3 is 2.47 bits per heavy atom. The molecule has 15 heavy (non-hydrogen) atoms.